The third-order valence-electron chi connectivity index (χ3n) is 2.53. The van der Waals surface area contributed by atoms with Crippen LogP contribution in [0.5, 0.6) is 0 Å². The number of aryl methyl sites for hydroxylation is 1. The van der Waals surface area contributed by atoms with Gasteiger partial charge in [-0.2, -0.15) is 0 Å². The Morgan fingerprint density at radius 1 is 1.56 bits per heavy atom. The van der Waals surface area contributed by atoms with E-state index < -0.39 is 5.82 Å². The minimum absolute atomic E-state index is 0.135. The Bertz CT molecular complexity index is 412. The molecule has 0 heterocycles. The van der Waals surface area contributed by atoms with Crippen molar-refractivity contribution in [1.29, 1.82) is 0 Å². The fourth-order valence-electron chi connectivity index (χ4n) is 1.54. The van der Waals surface area contributed by atoms with Crippen molar-refractivity contribution >= 4 is 17.5 Å². The first-order chi connectivity index (χ1) is 8.54. The molecule has 18 heavy (non-hydrogen) atoms. The van der Waals surface area contributed by atoms with Gasteiger partial charge < -0.3 is 10.1 Å². The lowest BCUT2D eigenvalue weighted by molar-refractivity contribution is 0.0950. The quantitative estimate of drug-likeness (QED) is 0.809. The molecule has 0 aromatic heterocycles. The lowest BCUT2D eigenvalue weighted by Crippen LogP contribution is -2.27. The summed E-state index contributed by atoms with van der Waals surface area (Å²) < 4.78 is 17.9. The Morgan fingerprint density at radius 3 is 2.94 bits per heavy atom. The number of nitrogens with one attached hydrogen (secondary N) is 1. The summed E-state index contributed by atoms with van der Waals surface area (Å²) in [5.74, 6) is -0.700. The normalized spacial score (nSPS) is 12.2. The molecule has 5 heteroatoms. The van der Waals surface area contributed by atoms with Crippen LogP contribution in [0.4, 0.5) is 4.39 Å². The van der Waals surface area contributed by atoms with E-state index >= 15 is 0 Å². The highest BCUT2D eigenvalue weighted by molar-refractivity contribution is 6.20. The van der Waals surface area contributed by atoms with Crippen molar-refractivity contribution in [2.45, 2.75) is 18.7 Å². The van der Waals surface area contributed by atoms with Gasteiger partial charge in [0.05, 0.1) is 12.0 Å². The van der Waals surface area contributed by atoms with Gasteiger partial charge in [0.2, 0.25) is 0 Å². The number of methoxy groups -OCH3 is 1. The maximum Gasteiger partial charge on any atom is 0.251 e. The van der Waals surface area contributed by atoms with Gasteiger partial charge in [-0.3, -0.25) is 4.79 Å². The zero-order valence-corrected chi connectivity index (χ0v) is 11.3. The molecule has 0 aliphatic rings. The first-order valence-electron chi connectivity index (χ1n) is 5.72. The topological polar surface area (TPSA) is 38.3 Å². The molecule has 1 amide bonds. The highest BCUT2D eigenvalue weighted by atomic mass is 35.5. The minimum Gasteiger partial charge on any atom is -0.383 e. The summed E-state index contributed by atoms with van der Waals surface area (Å²) in [5, 5.41) is 2.58. The van der Waals surface area contributed by atoms with Gasteiger partial charge in [0, 0.05) is 19.2 Å². The monoisotopic (exact) mass is 273 g/mol. The molecule has 0 saturated heterocycles. The van der Waals surface area contributed by atoms with Gasteiger partial charge in [-0.15, -0.1) is 11.6 Å². The first-order valence-corrected chi connectivity index (χ1v) is 6.15. The number of carbonyl (C=O) groups excluding carboxylic acids is 1. The lowest BCUT2D eigenvalue weighted by Gasteiger charge is -2.10. The van der Waals surface area contributed by atoms with Gasteiger partial charge >= 0.3 is 0 Å². The van der Waals surface area contributed by atoms with Crippen LogP contribution in [-0.2, 0) is 4.74 Å². The van der Waals surface area contributed by atoms with E-state index in [1.165, 1.54) is 12.1 Å². The van der Waals surface area contributed by atoms with Crippen LogP contribution in [0, 0.1) is 12.7 Å². The predicted molar refractivity (Wildman–Crippen MR) is 69.6 cm³/mol. The number of benzene rings is 1. The largest absolute Gasteiger partial charge is 0.383 e. The number of ether oxygens (including phenoxy) is 1. The summed E-state index contributed by atoms with van der Waals surface area (Å²) in [6.07, 6.45) is 0.607. The van der Waals surface area contributed by atoms with Crippen LogP contribution >= 0.6 is 11.6 Å². The summed E-state index contributed by atoms with van der Waals surface area (Å²) in [5.41, 5.74) is 1.10. The zero-order valence-electron chi connectivity index (χ0n) is 10.5. The van der Waals surface area contributed by atoms with Crippen molar-refractivity contribution in [3.8, 4) is 0 Å². The molecule has 0 radical (unpaired) electrons. The third kappa shape index (κ3) is 4.63. The number of hydrogen-bond donors (Lipinski definition) is 1. The highest BCUT2D eigenvalue weighted by Crippen LogP contribution is 2.10. The summed E-state index contributed by atoms with van der Waals surface area (Å²) >= 11 is 5.93. The van der Waals surface area contributed by atoms with Crippen LogP contribution in [0.25, 0.3) is 0 Å². The second-order valence-electron chi connectivity index (χ2n) is 4.06. The molecule has 0 saturated carbocycles. The van der Waals surface area contributed by atoms with E-state index in [0.717, 1.165) is 5.56 Å². The van der Waals surface area contributed by atoms with Crippen LogP contribution in [0.3, 0.4) is 0 Å². The molecule has 1 rings (SSSR count). The molecule has 1 aromatic rings. The van der Waals surface area contributed by atoms with Crippen molar-refractivity contribution in [2.75, 3.05) is 20.3 Å². The number of alkyl halides is 1. The third-order valence-corrected chi connectivity index (χ3v) is 2.88. The SMILES string of the molecule is COCC(Cl)CCNC(=O)c1cc(F)ccc1C. The molecule has 0 aliphatic carbocycles. The van der Waals surface area contributed by atoms with E-state index in [4.69, 9.17) is 16.3 Å². The average molecular weight is 274 g/mol. The molecule has 3 nitrogen and oxygen atoms in total. The fraction of sp³-hybridized carbons (Fsp3) is 0.462. The second kappa shape index (κ2) is 7.34. The first kappa shape index (κ1) is 14.9. The zero-order chi connectivity index (χ0) is 13.5. The van der Waals surface area contributed by atoms with Gasteiger partial charge in [-0.1, -0.05) is 6.07 Å². The van der Waals surface area contributed by atoms with Crippen LogP contribution < -0.4 is 5.32 Å². The van der Waals surface area contributed by atoms with Crippen molar-refractivity contribution in [1.82, 2.24) is 5.32 Å². The Balaban J connectivity index is 2.48. The van der Waals surface area contributed by atoms with Crippen molar-refractivity contribution in [2.24, 2.45) is 0 Å². The molecule has 1 unspecified atom stereocenters. The second-order valence-corrected chi connectivity index (χ2v) is 4.67. The Labute approximate surface area is 111 Å². The van der Waals surface area contributed by atoms with E-state index in [9.17, 15) is 9.18 Å². The molecule has 0 fully saturated rings. The van der Waals surface area contributed by atoms with Crippen LogP contribution in [-0.4, -0.2) is 31.5 Å². The Kier molecular flexibility index (Phi) is 6.09. The smallest absolute Gasteiger partial charge is 0.251 e. The molecule has 0 bridgehead atoms. The van der Waals surface area contributed by atoms with Crippen molar-refractivity contribution in [3.63, 3.8) is 0 Å². The van der Waals surface area contributed by atoms with E-state index in [0.29, 0.717) is 25.1 Å². The predicted octanol–water partition coefficient (Wildman–Crippen LogP) is 2.51. The van der Waals surface area contributed by atoms with Gasteiger partial charge in [0.25, 0.3) is 5.91 Å². The van der Waals surface area contributed by atoms with Crippen LogP contribution in [0.1, 0.15) is 22.3 Å². The summed E-state index contributed by atoms with van der Waals surface area (Å²) in [6, 6.07) is 4.15. The lowest BCUT2D eigenvalue weighted by atomic mass is 10.1. The molecule has 0 aliphatic heterocycles. The molecule has 100 valence electrons. The maximum atomic E-state index is 13.0. The van der Waals surface area contributed by atoms with E-state index in [2.05, 4.69) is 5.32 Å². The van der Waals surface area contributed by atoms with Gasteiger partial charge in [0.15, 0.2) is 0 Å². The van der Waals surface area contributed by atoms with Gasteiger partial charge in [0.1, 0.15) is 5.82 Å². The van der Waals surface area contributed by atoms with E-state index in [1.54, 1.807) is 20.1 Å². The number of carbonyl (C=O) groups is 1. The van der Waals surface area contributed by atoms with Crippen molar-refractivity contribution < 1.29 is 13.9 Å². The Hall–Kier alpha value is -1.13. The van der Waals surface area contributed by atoms with Gasteiger partial charge in [-0.05, 0) is 31.0 Å². The maximum absolute atomic E-state index is 13.0. The summed E-state index contributed by atoms with van der Waals surface area (Å²) in [7, 11) is 1.57. The minimum atomic E-state index is -0.416. The molecule has 0 spiro atoms. The number of amides is 1. The van der Waals surface area contributed by atoms with Crippen LogP contribution in [0.2, 0.25) is 0 Å². The molecule has 1 N–H and O–H groups in total. The number of rotatable bonds is 6. The summed E-state index contributed by atoms with van der Waals surface area (Å²) in [4.78, 5) is 11.8. The number of hydrogen-bond acceptors (Lipinski definition) is 2. The molecule has 1 aromatic carbocycles. The van der Waals surface area contributed by atoms with Crippen molar-refractivity contribution in [3.05, 3.63) is 35.1 Å². The van der Waals surface area contributed by atoms with Crippen LogP contribution in [0.15, 0.2) is 18.2 Å². The summed E-state index contributed by atoms with van der Waals surface area (Å²) in [6.45, 7) is 2.65. The standard InChI is InChI=1S/C13H17ClFNO2/c1-9-3-4-11(15)7-12(9)13(17)16-6-5-10(14)8-18-2/h3-4,7,10H,5-6,8H2,1-2H3,(H,16,17). The molecular formula is C13H17ClFNO2. The number of halogens is 2. The van der Waals surface area contributed by atoms with Gasteiger partial charge in [-0.25, -0.2) is 4.39 Å². The fourth-order valence-corrected chi connectivity index (χ4v) is 1.78. The average Bonchev–Trinajstić information content (AvgIpc) is 2.32. The van der Waals surface area contributed by atoms with E-state index in [-0.39, 0.29) is 11.3 Å². The Morgan fingerprint density at radius 2 is 2.28 bits per heavy atom. The highest BCUT2D eigenvalue weighted by Gasteiger charge is 2.10. The molecule has 1 atom stereocenters. The van der Waals surface area contributed by atoms with E-state index in [1.807, 2.05) is 0 Å². The molecular weight excluding hydrogens is 257 g/mol.